The molecule has 2 rings (SSSR count). The largest absolute Gasteiger partial charge is 0.455 e. The van der Waals surface area contributed by atoms with E-state index in [0.29, 0.717) is 22.9 Å². The van der Waals surface area contributed by atoms with Crippen LogP contribution < -0.4 is 5.43 Å². The summed E-state index contributed by atoms with van der Waals surface area (Å²) in [4.78, 5) is 11.1. The van der Waals surface area contributed by atoms with Crippen LogP contribution in [0.15, 0.2) is 45.9 Å². The third-order valence-electron chi connectivity index (χ3n) is 2.76. The number of hydrogen-bond donors (Lipinski definition) is 1. The third-order valence-corrected chi connectivity index (χ3v) is 3.01. The molecule has 1 aromatic heterocycles. The fourth-order valence-electron chi connectivity index (χ4n) is 1.58. The van der Waals surface area contributed by atoms with Gasteiger partial charge in [-0.3, -0.25) is 4.79 Å². The van der Waals surface area contributed by atoms with E-state index in [9.17, 15) is 4.79 Å². The van der Waals surface area contributed by atoms with Crippen LogP contribution in [0.4, 0.5) is 0 Å². The van der Waals surface area contributed by atoms with Crippen molar-refractivity contribution >= 4 is 23.2 Å². The summed E-state index contributed by atoms with van der Waals surface area (Å²) in [5, 5.41) is 4.67. The number of nitrogens with one attached hydrogen (secondary N) is 1. The number of furan rings is 1. The Kier molecular flexibility index (Phi) is 4.58. The number of carbonyl (C=O) groups excluding carboxylic acids is 1. The molecule has 1 amide bonds. The van der Waals surface area contributed by atoms with E-state index in [0.717, 1.165) is 11.3 Å². The average Bonchev–Trinajstić information content (AvgIpc) is 2.95. The van der Waals surface area contributed by atoms with E-state index in [1.165, 1.54) is 0 Å². The molecule has 0 saturated heterocycles. The SMILES string of the molecule is CCC(=O)NN=C(C)c1ccc(-c2ccc(Cl)cc2)o1. The number of halogens is 1. The van der Waals surface area contributed by atoms with Gasteiger partial charge < -0.3 is 4.42 Å². The van der Waals surface area contributed by atoms with Crippen LogP contribution in [0.1, 0.15) is 26.0 Å². The molecule has 20 heavy (non-hydrogen) atoms. The van der Waals surface area contributed by atoms with E-state index < -0.39 is 0 Å². The number of carbonyl (C=O) groups is 1. The molecule has 0 atom stereocenters. The lowest BCUT2D eigenvalue weighted by Gasteiger charge is -1.99. The molecule has 2 aromatic rings. The summed E-state index contributed by atoms with van der Waals surface area (Å²) in [6, 6.07) is 11.1. The monoisotopic (exact) mass is 290 g/mol. The molecule has 0 saturated carbocycles. The Balaban J connectivity index is 2.16. The zero-order valence-corrected chi connectivity index (χ0v) is 12.1. The predicted molar refractivity (Wildman–Crippen MR) is 79.8 cm³/mol. The first kappa shape index (κ1) is 14.3. The Morgan fingerprint density at radius 2 is 1.95 bits per heavy atom. The lowest BCUT2D eigenvalue weighted by Crippen LogP contribution is -2.17. The van der Waals surface area contributed by atoms with E-state index >= 15 is 0 Å². The van der Waals surface area contributed by atoms with Crippen molar-refractivity contribution in [3.05, 3.63) is 47.2 Å². The fourth-order valence-corrected chi connectivity index (χ4v) is 1.71. The van der Waals surface area contributed by atoms with Crippen molar-refractivity contribution in [3.8, 4) is 11.3 Å². The molecule has 0 spiro atoms. The molecular formula is C15H15ClN2O2. The maximum atomic E-state index is 11.1. The van der Waals surface area contributed by atoms with Crippen LogP contribution in [0.25, 0.3) is 11.3 Å². The Morgan fingerprint density at radius 1 is 1.25 bits per heavy atom. The van der Waals surface area contributed by atoms with Crippen LogP contribution in [0.3, 0.4) is 0 Å². The summed E-state index contributed by atoms with van der Waals surface area (Å²) in [5.41, 5.74) is 4.01. The van der Waals surface area contributed by atoms with Crippen LogP contribution in [0.5, 0.6) is 0 Å². The minimum atomic E-state index is -0.131. The van der Waals surface area contributed by atoms with Crippen molar-refractivity contribution in [1.29, 1.82) is 0 Å². The van der Waals surface area contributed by atoms with Gasteiger partial charge in [-0.05, 0) is 43.3 Å². The van der Waals surface area contributed by atoms with Gasteiger partial charge in [-0.15, -0.1) is 0 Å². The summed E-state index contributed by atoms with van der Waals surface area (Å²) in [6.07, 6.45) is 0.394. The van der Waals surface area contributed by atoms with Crippen molar-refractivity contribution in [2.24, 2.45) is 5.10 Å². The van der Waals surface area contributed by atoms with E-state index in [-0.39, 0.29) is 5.91 Å². The molecule has 4 nitrogen and oxygen atoms in total. The van der Waals surface area contributed by atoms with Crippen molar-refractivity contribution in [1.82, 2.24) is 5.43 Å². The standard InChI is InChI=1S/C15H15ClN2O2/c1-3-15(19)18-17-10(2)13-8-9-14(20-13)11-4-6-12(16)7-5-11/h4-9H,3H2,1-2H3,(H,18,19). The van der Waals surface area contributed by atoms with E-state index in [2.05, 4.69) is 10.5 Å². The molecule has 5 heteroatoms. The van der Waals surface area contributed by atoms with Gasteiger partial charge >= 0.3 is 0 Å². The van der Waals surface area contributed by atoms with E-state index in [1.807, 2.05) is 36.4 Å². The van der Waals surface area contributed by atoms with Gasteiger partial charge in [-0.2, -0.15) is 5.10 Å². The van der Waals surface area contributed by atoms with Crippen LogP contribution in [0, 0.1) is 0 Å². The third kappa shape index (κ3) is 3.48. The van der Waals surface area contributed by atoms with Crippen molar-refractivity contribution in [2.45, 2.75) is 20.3 Å². The number of rotatable bonds is 4. The van der Waals surface area contributed by atoms with E-state index in [4.69, 9.17) is 16.0 Å². The fraction of sp³-hybridized carbons (Fsp3) is 0.200. The van der Waals surface area contributed by atoms with Gasteiger partial charge in [0.2, 0.25) is 5.91 Å². The quantitative estimate of drug-likeness (QED) is 0.687. The molecule has 0 aliphatic carbocycles. The van der Waals surface area contributed by atoms with Crippen LogP contribution in [0.2, 0.25) is 5.02 Å². The van der Waals surface area contributed by atoms with Crippen molar-refractivity contribution in [2.75, 3.05) is 0 Å². The Labute approximate surface area is 122 Å². The molecule has 0 unspecified atom stereocenters. The predicted octanol–water partition coefficient (Wildman–Crippen LogP) is 3.85. The number of hydrazone groups is 1. The first-order valence-electron chi connectivity index (χ1n) is 6.29. The highest BCUT2D eigenvalue weighted by atomic mass is 35.5. The van der Waals surface area contributed by atoms with Gasteiger partial charge in [0.15, 0.2) is 5.76 Å². The molecule has 1 N–H and O–H groups in total. The number of hydrogen-bond acceptors (Lipinski definition) is 3. The molecule has 0 bridgehead atoms. The molecule has 1 aromatic carbocycles. The maximum Gasteiger partial charge on any atom is 0.239 e. The van der Waals surface area contributed by atoms with Crippen molar-refractivity contribution < 1.29 is 9.21 Å². The smallest absolute Gasteiger partial charge is 0.239 e. The van der Waals surface area contributed by atoms with Crippen LogP contribution in [-0.4, -0.2) is 11.6 Å². The first-order chi connectivity index (χ1) is 9.60. The van der Waals surface area contributed by atoms with Gasteiger partial charge in [-0.1, -0.05) is 18.5 Å². The van der Waals surface area contributed by atoms with Gasteiger partial charge in [0, 0.05) is 17.0 Å². The summed E-state index contributed by atoms with van der Waals surface area (Å²) in [7, 11) is 0. The lowest BCUT2D eigenvalue weighted by molar-refractivity contribution is -0.120. The Hall–Kier alpha value is -2.07. The average molecular weight is 291 g/mol. The van der Waals surface area contributed by atoms with E-state index in [1.54, 1.807) is 13.8 Å². The Morgan fingerprint density at radius 3 is 2.60 bits per heavy atom. The summed E-state index contributed by atoms with van der Waals surface area (Å²) in [6.45, 7) is 3.55. The molecular weight excluding hydrogens is 276 g/mol. The zero-order valence-electron chi connectivity index (χ0n) is 11.3. The molecule has 104 valence electrons. The number of benzene rings is 1. The molecule has 0 radical (unpaired) electrons. The highest BCUT2D eigenvalue weighted by molar-refractivity contribution is 6.30. The molecule has 1 heterocycles. The molecule has 0 aliphatic rings. The minimum absolute atomic E-state index is 0.131. The highest BCUT2D eigenvalue weighted by Gasteiger charge is 2.07. The number of amides is 1. The zero-order chi connectivity index (χ0) is 14.5. The first-order valence-corrected chi connectivity index (χ1v) is 6.67. The van der Waals surface area contributed by atoms with Crippen LogP contribution >= 0.6 is 11.6 Å². The van der Waals surface area contributed by atoms with Gasteiger partial charge in [0.1, 0.15) is 11.5 Å². The molecule has 0 fully saturated rings. The van der Waals surface area contributed by atoms with Crippen LogP contribution in [-0.2, 0) is 4.79 Å². The highest BCUT2D eigenvalue weighted by Crippen LogP contribution is 2.24. The normalized spacial score (nSPS) is 11.4. The van der Waals surface area contributed by atoms with Gasteiger partial charge in [0.25, 0.3) is 0 Å². The van der Waals surface area contributed by atoms with Crippen molar-refractivity contribution in [3.63, 3.8) is 0 Å². The van der Waals surface area contributed by atoms with Gasteiger partial charge in [-0.25, -0.2) is 5.43 Å². The molecule has 0 aliphatic heterocycles. The maximum absolute atomic E-state index is 11.1. The lowest BCUT2D eigenvalue weighted by atomic mass is 10.2. The topological polar surface area (TPSA) is 54.6 Å². The second-order valence-corrected chi connectivity index (χ2v) is 4.69. The second-order valence-electron chi connectivity index (χ2n) is 4.26. The second kappa shape index (κ2) is 6.39. The van der Waals surface area contributed by atoms with Gasteiger partial charge in [0.05, 0.1) is 0 Å². The summed E-state index contributed by atoms with van der Waals surface area (Å²) < 4.78 is 5.71. The summed E-state index contributed by atoms with van der Waals surface area (Å²) >= 11 is 5.85. The minimum Gasteiger partial charge on any atom is -0.455 e. The summed E-state index contributed by atoms with van der Waals surface area (Å²) in [5.74, 6) is 1.22. The number of nitrogens with zero attached hydrogens (tertiary/aromatic N) is 1. The Bertz CT molecular complexity index is 630.